The van der Waals surface area contributed by atoms with Gasteiger partial charge in [-0.1, -0.05) is 12.1 Å². The fourth-order valence-electron chi connectivity index (χ4n) is 2.66. The van der Waals surface area contributed by atoms with E-state index >= 15 is 0 Å². The summed E-state index contributed by atoms with van der Waals surface area (Å²) in [5, 5.41) is 9.90. The molecule has 4 heteroatoms. The molecule has 1 unspecified atom stereocenters. The summed E-state index contributed by atoms with van der Waals surface area (Å²) < 4.78 is 5.56. The first-order chi connectivity index (χ1) is 9.88. The summed E-state index contributed by atoms with van der Waals surface area (Å²) in [4.78, 5) is 14.1. The van der Waals surface area contributed by atoms with Gasteiger partial charge in [0, 0.05) is 12.6 Å². The Balaban J connectivity index is 1.89. The van der Waals surface area contributed by atoms with Gasteiger partial charge >= 0.3 is 0 Å². The first-order valence-corrected chi connectivity index (χ1v) is 7.63. The van der Waals surface area contributed by atoms with Crippen molar-refractivity contribution in [1.82, 2.24) is 4.90 Å². The van der Waals surface area contributed by atoms with Crippen LogP contribution in [0.25, 0.3) is 0 Å². The van der Waals surface area contributed by atoms with Gasteiger partial charge in [0.25, 0.3) is 5.91 Å². The largest absolute Gasteiger partial charge is 0.484 e. The molecular formula is C17H25NO3. The van der Waals surface area contributed by atoms with Crippen LogP contribution < -0.4 is 4.74 Å². The Morgan fingerprint density at radius 2 is 2.00 bits per heavy atom. The van der Waals surface area contributed by atoms with Crippen molar-refractivity contribution in [2.45, 2.75) is 51.7 Å². The molecule has 1 heterocycles. The predicted molar refractivity (Wildman–Crippen MR) is 82.2 cm³/mol. The maximum Gasteiger partial charge on any atom is 0.260 e. The summed E-state index contributed by atoms with van der Waals surface area (Å²) in [5.41, 5.74) is -0.0387. The van der Waals surface area contributed by atoms with Gasteiger partial charge in [0.2, 0.25) is 0 Å². The predicted octanol–water partition coefficient (Wildman–Crippen LogP) is 2.69. The molecule has 1 atom stereocenters. The Hall–Kier alpha value is -1.55. The zero-order valence-electron chi connectivity index (χ0n) is 13.1. The van der Waals surface area contributed by atoms with Crippen LogP contribution in [0.2, 0.25) is 0 Å². The van der Waals surface area contributed by atoms with E-state index in [0.29, 0.717) is 11.8 Å². The second-order valence-electron chi connectivity index (χ2n) is 6.30. The van der Waals surface area contributed by atoms with E-state index in [9.17, 15) is 9.90 Å². The van der Waals surface area contributed by atoms with Crippen LogP contribution >= 0.6 is 0 Å². The average molecular weight is 291 g/mol. The van der Waals surface area contributed by atoms with Gasteiger partial charge in [-0.2, -0.15) is 0 Å². The van der Waals surface area contributed by atoms with Crippen molar-refractivity contribution < 1.29 is 14.6 Å². The standard InChI is InChI=1S/C17H25NO3/c1-13-6-4-5-11-18(13)16(19)12-21-15-9-7-14(8-10-15)17(2,3)20/h7-10,13,20H,4-6,11-12H2,1-3H3. The van der Waals surface area contributed by atoms with Gasteiger partial charge in [-0.15, -0.1) is 0 Å². The lowest BCUT2D eigenvalue weighted by Gasteiger charge is -2.33. The van der Waals surface area contributed by atoms with E-state index in [2.05, 4.69) is 6.92 Å². The molecule has 0 saturated carbocycles. The number of piperidine rings is 1. The molecule has 1 saturated heterocycles. The van der Waals surface area contributed by atoms with Crippen LogP contribution in [0.4, 0.5) is 0 Å². The molecule has 0 bridgehead atoms. The number of aliphatic hydroxyl groups is 1. The highest BCUT2D eigenvalue weighted by Crippen LogP contribution is 2.22. The SMILES string of the molecule is CC1CCCCN1C(=O)COc1ccc(C(C)(C)O)cc1. The summed E-state index contributed by atoms with van der Waals surface area (Å²) >= 11 is 0. The van der Waals surface area contributed by atoms with E-state index in [-0.39, 0.29) is 12.5 Å². The number of hydrogen-bond acceptors (Lipinski definition) is 3. The molecule has 0 aliphatic carbocycles. The molecule has 2 rings (SSSR count). The Morgan fingerprint density at radius 1 is 1.33 bits per heavy atom. The molecule has 1 fully saturated rings. The zero-order chi connectivity index (χ0) is 15.5. The lowest BCUT2D eigenvalue weighted by molar-refractivity contribution is -0.136. The number of ether oxygens (including phenoxy) is 1. The van der Waals surface area contributed by atoms with Crippen molar-refractivity contribution in [3.63, 3.8) is 0 Å². The molecular weight excluding hydrogens is 266 g/mol. The first-order valence-electron chi connectivity index (χ1n) is 7.63. The third-order valence-corrected chi connectivity index (χ3v) is 4.05. The third-order valence-electron chi connectivity index (χ3n) is 4.05. The van der Waals surface area contributed by atoms with E-state index in [0.717, 1.165) is 24.9 Å². The highest BCUT2D eigenvalue weighted by Gasteiger charge is 2.23. The first kappa shape index (κ1) is 15.8. The smallest absolute Gasteiger partial charge is 0.260 e. The van der Waals surface area contributed by atoms with Crippen molar-refractivity contribution in [2.24, 2.45) is 0 Å². The highest BCUT2D eigenvalue weighted by atomic mass is 16.5. The van der Waals surface area contributed by atoms with Crippen molar-refractivity contribution in [2.75, 3.05) is 13.2 Å². The van der Waals surface area contributed by atoms with E-state index in [4.69, 9.17) is 4.74 Å². The zero-order valence-corrected chi connectivity index (χ0v) is 13.1. The minimum absolute atomic E-state index is 0.0498. The number of nitrogens with zero attached hydrogens (tertiary/aromatic N) is 1. The second-order valence-corrected chi connectivity index (χ2v) is 6.30. The van der Waals surface area contributed by atoms with Crippen LogP contribution in [0.3, 0.4) is 0 Å². The van der Waals surface area contributed by atoms with Gasteiger partial charge in [0.1, 0.15) is 5.75 Å². The fourth-order valence-corrected chi connectivity index (χ4v) is 2.66. The maximum atomic E-state index is 12.2. The van der Waals surface area contributed by atoms with Crippen LogP contribution in [-0.4, -0.2) is 35.1 Å². The fraction of sp³-hybridized carbons (Fsp3) is 0.588. The van der Waals surface area contributed by atoms with E-state index in [1.807, 2.05) is 17.0 Å². The van der Waals surface area contributed by atoms with E-state index in [1.165, 1.54) is 6.42 Å². The van der Waals surface area contributed by atoms with Crippen molar-refractivity contribution in [1.29, 1.82) is 0 Å². The number of likely N-dealkylation sites (tertiary alicyclic amines) is 1. The molecule has 1 amide bonds. The topological polar surface area (TPSA) is 49.8 Å². The van der Waals surface area contributed by atoms with Crippen LogP contribution in [0, 0.1) is 0 Å². The van der Waals surface area contributed by atoms with Gasteiger partial charge in [0.05, 0.1) is 5.60 Å². The van der Waals surface area contributed by atoms with E-state index in [1.54, 1.807) is 26.0 Å². The molecule has 1 aromatic carbocycles. The lowest BCUT2D eigenvalue weighted by Crippen LogP contribution is -2.44. The molecule has 0 aromatic heterocycles. The minimum Gasteiger partial charge on any atom is -0.484 e. The van der Waals surface area contributed by atoms with Crippen LogP contribution in [0.1, 0.15) is 45.6 Å². The van der Waals surface area contributed by atoms with Crippen molar-refractivity contribution in [3.8, 4) is 5.75 Å². The van der Waals surface area contributed by atoms with Gasteiger partial charge in [-0.05, 0) is 57.7 Å². The normalized spacial score (nSPS) is 19.4. The number of rotatable bonds is 4. The van der Waals surface area contributed by atoms with Crippen LogP contribution in [0.5, 0.6) is 5.75 Å². The van der Waals surface area contributed by atoms with Gasteiger partial charge in [-0.3, -0.25) is 4.79 Å². The number of carbonyl (C=O) groups excluding carboxylic acids is 1. The molecule has 1 N–H and O–H groups in total. The quantitative estimate of drug-likeness (QED) is 0.928. The second kappa shape index (κ2) is 6.48. The van der Waals surface area contributed by atoms with Gasteiger partial charge < -0.3 is 14.7 Å². The van der Waals surface area contributed by atoms with Crippen molar-refractivity contribution in [3.05, 3.63) is 29.8 Å². The maximum absolute atomic E-state index is 12.2. The third kappa shape index (κ3) is 4.21. The Morgan fingerprint density at radius 3 is 2.57 bits per heavy atom. The summed E-state index contributed by atoms with van der Waals surface area (Å²) in [7, 11) is 0. The molecule has 116 valence electrons. The van der Waals surface area contributed by atoms with Crippen molar-refractivity contribution >= 4 is 5.91 Å². The van der Waals surface area contributed by atoms with Crippen LogP contribution in [0.15, 0.2) is 24.3 Å². The summed E-state index contributed by atoms with van der Waals surface area (Å²) in [6.45, 7) is 6.48. The number of amides is 1. The molecule has 1 aliphatic heterocycles. The number of hydrogen-bond donors (Lipinski definition) is 1. The van der Waals surface area contributed by atoms with Gasteiger partial charge in [-0.25, -0.2) is 0 Å². The summed E-state index contributed by atoms with van der Waals surface area (Å²) in [5.74, 6) is 0.703. The van der Waals surface area contributed by atoms with Gasteiger partial charge in [0.15, 0.2) is 6.61 Å². The molecule has 0 radical (unpaired) electrons. The summed E-state index contributed by atoms with van der Waals surface area (Å²) in [6, 6.07) is 7.54. The number of benzene rings is 1. The lowest BCUT2D eigenvalue weighted by atomic mass is 9.99. The van der Waals surface area contributed by atoms with E-state index < -0.39 is 5.60 Å². The average Bonchev–Trinajstić information content (AvgIpc) is 2.45. The summed E-state index contributed by atoms with van der Waals surface area (Å²) in [6.07, 6.45) is 3.35. The molecule has 1 aliphatic rings. The highest BCUT2D eigenvalue weighted by molar-refractivity contribution is 5.78. The molecule has 4 nitrogen and oxygen atoms in total. The minimum atomic E-state index is -0.864. The Kier molecular flexibility index (Phi) is 4.88. The Bertz CT molecular complexity index is 476. The molecule has 0 spiro atoms. The monoisotopic (exact) mass is 291 g/mol. The number of carbonyl (C=O) groups is 1. The molecule has 1 aromatic rings. The van der Waals surface area contributed by atoms with Crippen LogP contribution in [-0.2, 0) is 10.4 Å². The molecule has 21 heavy (non-hydrogen) atoms. The Labute approximate surface area is 126 Å².